The third kappa shape index (κ3) is 4.31. The fourth-order valence-electron chi connectivity index (χ4n) is 1.12. The van der Waals surface area contributed by atoms with Crippen LogP contribution in [0.25, 0.3) is 0 Å². The smallest absolute Gasteiger partial charge is 0.312 e. The molecular weight excluding hydrogens is 290 g/mol. The van der Waals surface area contributed by atoms with Crippen LogP contribution in [0.1, 0.15) is 10.4 Å². The van der Waals surface area contributed by atoms with Crippen LogP contribution in [0.3, 0.4) is 0 Å². The molecule has 0 heterocycles. The Bertz CT molecular complexity index is 437. The van der Waals surface area contributed by atoms with Crippen LogP contribution in [0.2, 0.25) is 0 Å². The number of nitrogens with two attached hydrogens (primary N) is 1. The summed E-state index contributed by atoms with van der Waals surface area (Å²) in [5.74, 6) is -0.341. The summed E-state index contributed by atoms with van der Waals surface area (Å²) in [7, 11) is 0. The minimum atomic E-state index is -0.638. The number of nitrogens with one attached hydrogen (secondary N) is 2. The second-order valence-electron chi connectivity index (χ2n) is 3.21. The van der Waals surface area contributed by atoms with Crippen molar-refractivity contribution in [2.45, 2.75) is 0 Å². The lowest BCUT2D eigenvalue weighted by Gasteiger charge is -2.06. The monoisotopic (exact) mass is 301 g/mol. The van der Waals surface area contributed by atoms with Gasteiger partial charge in [-0.1, -0.05) is 0 Å². The van der Waals surface area contributed by atoms with Gasteiger partial charge in [0.2, 0.25) is 0 Å². The zero-order valence-electron chi connectivity index (χ0n) is 8.87. The van der Waals surface area contributed by atoms with Gasteiger partial charge in [0.05, 0.1) is 4.47 Å². The van der Waals surface area contributed by atoms with E-state index >= 15 is 0 Å². The van der Waals surface area contributed by atoms with Gasteiger partial charge in [-0.3, -0.25) is 4.79 Å². The number of phenols is 1. The summed E-state index contributed by atoms with van der Waals surface area (Å²) in [5, 5.41) is 14.3. The summed E-state index contributed by atoms with van der Waals surface area (Å²) < 4.78 is 0.518. The first-order valence-corrected chi connectivity index (χ1v) is 5.60. The fourth-order valence-corrected chi connectivity index (χ4v) is 1.36. The lowest BCUT2D eigenvalue weighted by atomic mass is 10.2. The molecular formula is C10H12BrN3O3. The Balaban J connectivity index is 2.47. The highest BCUT2D eigenvalue weighted by molar-refractivity contribution is 9.10. The first-order chi connectivity index (χ1) is 8.00. The van der Waals surface area contributed by atoms with E-state index in [1.807, 2.05) is 0 Å². The molecule has 17 heavy (non-hydrogen) atoms. The van der Waals surface area contributed by atoms with E-state index < -0.39 is 6.03 Å². The van der Waals surface area contributed by atoms with Crippen LogP contribution >= 0.6 is 15.9 Å². The van der Waals surface area contributed by atoms with Crippen molar-refractivity contribution in [2.75, 3.05) is 13.1 Å². The van der Waals surface area contributed by atoms with E-state index in [1.165, 1.54) is 6.07 Å². The van der Waals surface area contributed by atoms with Gasteiger partial charge in [0.15, 0.2) is 0 Å². The maximum atomic E-state index is 11.6. The molecule has 0 aliphatic carbocycles. The molecule has 0 spiro atoms. The molecule has 0 aliphatic rings. The lowest BCUT2D eigenvalue weighted by molar-refractivity contribution is 0.0953. The molecule has 0 atom stereocenters. The predicted molar refractivity (Wildman–Crippen MR) is 65.7 cm³/mol. The van der Waals surface area contributed by atoms with E-state index in [1.54, 1.807) is 12.1 Å². The third-order valence-electron chi connectivity index (χ3n) is 1.92. The van der Waals surface area contributed by atoms with Crippen molar-refractivity contribution in [3.63, 3.8) is 0 Å². The predicted octanol–water partition coefficient (Wildman–Crippen LogP) is 0.553. The van der Waals surface area contributed by atoms with Gasteiger partial charge in [-0.25, -0.2) is 4.79 Å². The van der Waals surface area contributed by atoms with Crippen molar-refractivity contribution in [2.24, 2.45) is 5.73 Å². The number of primary amides is 1. The van der Waals surface area contributed by atoms with Gasteiger partial charge < -0.3 is 21.5 Å². The number of benzene rings is 1. The quantitative estimate of drug-likeness (QED) is 0.611. The molecule has 92 valence electrons. The summed E-state index contributed by atoms with van der Waals surface area (Å²) in [6, 6.07) is 3.86. The number of phenolic OH excluding ortho intramolecular Hbond substituents is 1. The van der Waals surface area contributed by atoms with Gasteiger partial charge in [-0.15, -0.1) is 0 Å². The van der Waals surface area contributed by atoms with Crippen molar-refractivity contribution in [3.05, 3.63) is 28.2 Å². The van der Waals surface area contributed by atoms with Gasteiger partial charge >= 0.3 is 6.03 Å². The molecule has 0 radical (unpaired) electrons. The van der Waals surface area contributed by atoms with Crippen LogP contribution < -0.4 is 16.4 Å². The second-order valence-corrected chi connectivity index (χ2v) is 4.07. The van der Waals surface area contributed by atoms with Gasteiger partial charge in [-0.2, -0.15) is 0 Å². The minimum Gasteiger partial charge on any atom is -0.507 e. The van der Waals surface area contributed by atoms with E-state index in [2.05, 4.69) is 26.6 Å². The molecule has 0 bridgehead atoms. The second kappa shape index (κ2) is 6.09. The molecule has 0 aliphatic heterocycles. The van der Waals surface area contributed by atoms with Crippen LogP contribution in [0.4, 0.5) is 4.79 Å². The van der Waals surface area contributed by atoms with Crippen LogP contribution in [0, 0.1) is 0 Å². The number of halogens is 1. The molecule has 7 heteroatoms. The molecule has 1 aromatic rings. The summed E-state index contributed by atoms with van der Waals surface area (Å²) in [6.07, 6.45) is 0. The Morgan fingerprint density at radius 1 is 1.29 bits per heavy atom. The molecule has 6 nitrogen and oxygen atoms in total. The Kier molecular flexibility index (Phi) is 4.77. The standard InChI is InChI=1S/C10H12BrN3O3/c11-7-2-1-6(5-8(7)15)9(16)13-3-4-14-10(12)17/h1-2,5,15H,3-4H2,(H,13,16)(H3,12,14,17). The SMILES string of the molecule is NC(=O)NCCNC(=O)c1ccc(Br)c(O)c1. The molecule has 0 saturated carbocycles. The molecule has 5 N–H and O–H groups in total. The number of carbonyl (C=O) groups is 2. The highest BCUT2D eigenvalue weighted by atomic mass is 79.9. The number of hydrogen-bond donors (Lipinski definition) is 4. The zero-order chi connectivity index (χ0) is 12.8. The summed E-state index contributed by atoms with van der Waals surface area (Å²) >= 11 is 3.12. The van der Waals surface area contributed by atoms with E-state index in [9.17, 15) is 14.7 Å². The van der Waals surface area contributed by atoms with Crippen molar-refractivity contribution < 1.29 is 14.7 Å². The molecule has 0 aromatic heterocycles. The Labute approximate surface area is 106 Å². The van der Waals surface area contributed by atoms with Crippen molar-refractivity contribution in [1.29, 1.82) is 0 Å². The number of urea groups is 1. The Morgan fingerprint density at radius 2 is 1.94 bits per heavy atom. The molecule has 1 rings (SSSR count). The number of amides is 3. The third-order valence-corrected chi connectivity index (χ3v) is 2.59. The minimum absolute atomic E-state index is 0.00656. The number of carbonyl (C=O) groups excluding carboxylic acids is 2. The summed E-state index contributed by atoms with van der Waals surface area (Å²) in [5.41, 5.74) is 5.19. The van der Waals surface area contributed by atoms with Crippen LogP contribution in [0.5, 0.6) is 5.75 Å². The van der Waals surface area contributed by atoms with Gasteiger partial charge in [0, 0.05) is 18.7 Å². The van der Waals surface area contributed by atoms with Gasteiger partial charge in [0.1, 0.15) is 5.75 Å². The molecule has 3 amide bonds. The van der Waals surface area contributed by atoms with E-state index in [-0.39, 0.29) is 24.7 Å². The van der Waals surface area contributed by atoms with E-state index in [0.717, 1.165) is 0 Å². The van der Waals surface area contributed by atoms with E-state index in [0.29, 0.717) is 10.0 Å². The van der Waals surface area contributed by atoms with Crippen LogP contribution in [-0.4, -0.2) is 30.1 Å². The number of aromatic hydroxyl groups is 1. The first-order valence-electron chi connectivity index (χ1n) is 4.80. The lowest BCUT2D eigenvalue weighted by Crippen LogP contribution is -2.37. The van der Waals surface area contributed by atoms with Crippen molar-refractivity contribution in [3.8, 4) is 5.75 Å². The Hall–Kier alpha value is -1.76. The van der Waals surface area contributed by atoms with Gasteiger partial charge in [-0.05, 0) is 34.1 Å². The normalized spacial score (nSPS) is 9.71. The fraction of sp³-hybridized carbons (Fsp3) is 0.200. The van der Waals surface area contributed by atoms with Crippen molar-refractivity contribution >= 4 is 27.9 Å². The molecule has 1 aromatic carbocycles. The highest BCUT2D eigenvalue weighted by Gasteiger charge is 2.07. The summed E-state index contributed by atoms with van der Waals surface area (Å²) in [6.45, 7) is 0.516. The van der Waals surface area contributed by atoms with Crippen LogP contribution in [0.15, 0.2) is 22.7 Å². The van der Waals surface area contributed by atoms with Crippen molar-refractivity contribution in [1.82, 2.24) is 10.6 Å². The largest absolute Gasteiger partial charge is 0.507 e. The number of hydrogen-bond acceptors (Lipinski definition) is 3. The van der Waals surface area contributed by atoms with Crippen LogP contribution in [-0.2, 0) is 0 Å². The molecule has 0 unspecified atom stereocenters. The molecule has 0 saturated heterocycles. The maximum Gasteiger partial charge on any atom is 0.312 e. The topological polar surface area (TPSA) is 104 Å². The average Bonchev–Trinajstić information content (AvgIpc) is 2.27. The first kappa shape index (κ1) is 13.3. The zero-order valence-corrected chi connectivity index (χ0v) is 10.5. The number of rotatable bonds is 4. The molecule has 0 fully saturated rings. The maximum absolute atomic E-state index is 11.6. The highest BCUT2D eigenvalue weighted by Crippen LogP contribution is 2.24. The average molecular weight is 302 g/mol. The van der Waals surface area contributed by atoms with Gasteiger partial charge in [0.25, 0.3) is 5.91 Å². The summed E-state index contributed by atoms with van der Waals surface area (Å²) in [4.78, 5) is 21.9. The van der Waals surface area contributed by atoms with E-state index in [4.69, 9.17) is 5.73 Å². The Morgan fingerprint density at radius 3 is 2.53 bits per heavy atom.